The Labute approximate surface area is 121 Å². The molecule has 1 atom stereocenters. The first kappa shape index (κ1) is 16.6. The molecule has 0 saturated carbocycles. The van der Waals surface area contributed by atoms with Crippen LogP contribution in [0.2, 0.25) is 0 Å². The minimum Gasteiger partial charge on any atom is -0.444 e. The number of rotatable bonds is 3. The predicted molar refractivity (Wildman–Crippen MR) is 77.7 cm³/mol. The van der Waals surface area contributed by atoms with E-state index in [1.54, 1.807) is 0 Å². The maximum absolute atomic E-state index is 12.0. The van der Waals surface area contributed by atoms with Gasteiger partial charge >= 0.3 is 12.1 Å². The molecule has 0 aromatic carbocycles. The molecule has 6 nitrogen and oxygen atoms in total. The Morgan fingerprint density at radius 1 is 1.20 bits per heavy atom. The summed E-state index contributed by atoms with van der Waals surface area (Å²) in [5.74, 6) is 0. The van der Waals surface area contributed by atoms with Crippen LogP contribution in [0.5, 0.6) is 0 Å². The number of hydrogen-bond acceptors (Lipinski definition) is 3. The lowest BCUT2D eigenvalue weighted by molar-refractivity contribution is 0.0528. The third-order valence-corrected chi connectivity index (χ3v) is 3.13. The molecule has 1 saturated heterocycles. The zero-order chi connectivity index (χ0) is 15.2. The van der Waals surface area contributed by atoms with Gasteiger partial charge in [0, 0.05) is 25.7 Å². The molecule has 0 spiro atoms. The van der Waals surface area contributed by atoms with Crippen LogP contribution in [-0.2, 0) is 4.74 Å². The summed E-state index contributed by atoms with van der Waals surface area (Å²) in [7, 11) is 0. The summed E-state index contributed by atoms with van der Waals surface area (Å²) in [5, 5.41) is 5.43. The second kappa shape index (κ2) is 7.36. The SMILES string of the molecule is CC1CCCCN1C(=O)NCCNC(=O)OC(C)(C)C. The second-order valence-electron chi connectivity index (χ2n) is 6.20. The second-order valence-corrected chi connectivity index (χ2v) is 6.20. The van der Waals surface area contributed by atoms with E-state index >= 15 is 0 Å². The van der Waals surface area contributed by atoms with Gasteiger partial charge in [-0.15, -0.1) is 0 Å². The van der Waals surface area contributed by atoms with E-state index in [9.17, 15) is 9.59 Å². The zero-order valence-electron chi connectivity index (χ0n) is 13.0. The number of carbonyl (C=O) groups excluding carboxylic acids is 2. The van der Waals surface area contributed by atoms with Crippen LogP contribution in [0.25, 0.3) is 0 Å². The highest BCUT2D eigenvalue weighted by Crippen LogP contribution is 2.15. The van der Waals surface area contributed by atoms with Gasteiger partial charge in [-0.1, -0.05) is 0 Å². The maximum Gasteiger partial charge on any atom is 0.407 e. The molecule has 0 aliphatic carbocycles. The van der Waals surface area contributed by atoms with E-state index in [1.165, 1.54) is 6.42 Å². The topological polar surface area (TPSA) is 70.7 Å². The number of alkyl carbamates (subject to hydrolysis) is 1. The van der Waals surface area contributed by atoms with Crippen molar-refractivity contribution in [3.05, 3.63) is 0 Å². The fourth-order valence-corrected chi connectivity index (χ4v) is 2.15. The van der Waals surface area contributed by atoms with Crippen LogP contribution in [0.3, 0.4) is 0 Å². The summed E-state index contributed by atoms with van der Waals surface area (Å²) in [5.41, 5.74) is -0.503. The number of piperidine rings is 1. The number of amides is 3. The molecular formula is C14H27N3O3. The number of carbonyl (C=O) groups is 2. The van der Waals surface area contributed by atoms with E-state index in [0.29, 0.717) is 19.1 Å². The molecule has 1 aliphatic heterocycles. The first-order valence-corrected chi connectivity index (χ1v) is 7.31. The number of hydrogen-bond donors (Lipinski definition) is 2. The molecule has 2 N–H and O–H groups in total. The lowest BCUT2D eigenvalue weighted by Crippen LogP contribution is -2.49. The van der Waals surface area contributed by atoms with Crippen molar-refractivity contribution >= 4 is 12.1 Å². The van der Waals surface area contributed by atoms with Gasteiger partial charge in [-0.05, 0) is 47.0 Å². The summed E-state index contributed by atoms with van der Waals surface area (Å²) in [6.45, 7) is 9.08. The first-order chi connectivity index (χ1) is 9.29. The summed E-state index contributed by atoms with van der Waals surface area (Å²) in [4.78, 5) is 25.2. The largest absolute Gasteiger partial charge is 0.444 e. The van der Waals surface area contributed by atoms with E-state index in [-0.39, 0.29) is 6.03 Å². The van der Waals surface area contributed by atoms with Crippen molar-refractivity contribution in [3.8, 4) is 0 Å². The third kappa shape index (κ3) is 6.12. The highest BCUT2D eigenvalue weighted by molar-refractivity contribution is 5.74. The fraction of sp³-hybridized carbons (Fsp3) is 0.857. The molecule has 20 heavy (non-hydrogen) atoms. The number of likely N-dealkylation sites (tertiary alicyclic amines) is 1. The van der Waals surface area contributed by atoms with E-state index in [1.807, 2.05) is 25.7 Å². The summed E-state index contributed by atoms with van der Waals surface area (Å²) >= 11 is 0. The Balaban J connectivity index is 2.17. The van der Waals surface area contributed by atoms with Gasteiger partial charge in [0.15, 0.2) is 0 Å². The van der Waals surface area contributed by atoms with E-state index < -0.39 is 11.7 Å². The van der Waals surface area contributed by atoms with Gasteiger partial charge in [-0.2, -0.15) is 0 Å². The summed E-state index contributed by atoms with van der Waals surface area (Å²) in [6, 6.07) is 0.241. The average Bonchev–Trinajstić information content (AvgIpc) is 2.33. The Hall–Kier alpha value is -1.46. The summed E-state index contributed by atoms with van der Waals surface area (Å²) in [6.07, 6.45) is 2.85. The molecule has 1 fully saturated rings. The van der Waals surface area contributed by atoms with Gasteiger partial charge in [0.2, 0.25) is 0 Å². The molecule has 3 amide bonds. The van der Waals surface area contributed by atoms with Crippen molar-refractivity contribution in [1.29, 1.82) is 0 Å². The van der Waals surface area contributed by atoms with Crippen LogP contribution in [0.15, 0.2) is 0 Å². The van der Waals surface area contributed by atoms with Crippen molar-refractivity contribution < 1.29 is 14.3 Å². The molecule has 1 unspecified atom stereocenters. The lowest BCUT2D eigenvalue weighted by atomic mass is 10.0. The van der Waals surface area contributed by atoms with Crippen LogP contribution >= 0.6 is 0 Å². The van der Waals surface area contributed by atoms with Crippen LogP contribution in [0.4, 0.5) is 9.59 Å². The van der Waals surface area contributed by atoms with Gasteiger partial charge in [-0.3, -0.25) is 0 Å². The van der Waals surface area contributed by atoms with Gasteiger partial charge in [0.05, 0.1) is 0 Å². The van der Waals surface area contributed by atoms with E-state index in [2.05, 4.69) is 17.6 Å². The molecule has 1 heterocycles. The standard InChI is InChI=1S/C14H27N3O3/c1-11-7-5-6-10-17(11)12(18)15-8-9-16-13(19)20-14(2,3)4/h11H,5-10H2,1-4H3,(H,15,18)(H,16,19). The van der Waals surface area contributed by atoms with Crippen molar-refractivity contribution in [2.45, 2.75) is 58.6 Å². The Morgan fingerprint density at radius 2 is 1.85 bits per heavy atom. The van der Waals surface area contributed by atoms with Gasteiger partial charge < -0.3 is 20.3 Å². The molecule has 116 valence electrons. The molecule has 6 heteroatoms. The fourth-order valence-electron chi connectivity index (χ4n) is 2.15. The van der Waals surface area contributed by atoms with E-state index in [0.717, 1.165) is 19.4 Å². The molecule has 0 bridgehead atoms. The highest BCUT2D eigenvalue weighted by Gasteiger charge is 2.22. The van der Waals surface area contributed by atoms with Crippen LogP contribution in [-0.4, -0.2) is 48.3 Å². The van der Waals surface area contributed by atoms with Crippen molar-refractivity contribution in [1.82, 2.24) is 15.5 Å². The normalized spacial score (nSPS) is 19.4. The third-order valence-electron chi connectivity index (χ3n) is 3.13. The number of nitrogens with one attached hydrogen (secondary N) is 2. The summed E-state index contributed by atoms with van der Waals surface area (Å²) < 4.78 is 5.10. The minimum absolute atomic E-state index is 0.0526. The first-order valence-electron chi connectivity index (χ1n) is 7.31. The highest BCUT2D eigenvalue weighted by atomic mass is 16.6. The Kier molecular flexibility index (Phi) is 6.10. The van der Waals surface area contributed by atoms with Crippen LogP contribution < -0.4 is 10.6 Å². The quantitative estimate of drug-likeness (QED) is 0.780. The van der Waals surface area contributed by atoms with Crippen molar-refractivity contribution in [3.63, 3.8) is 0 Å². The molecule has 1 rings (SSSR count). The number of ether oxygens (including phenoxy) is 1. The molecule has 0 radical (unpaired) electrons. The Morgan fingerprint density at radius 3 is 2.45 bits per heavy atom. The minimum atomic E-state index is -0.503. The number of urea groups is 1. The maximum atomic E-state index is 12.0. The van der Waals surface area contributed by atoms with Crippen LogP contribution in [0, 0.1) is 0 Å². The van der Waals surface area contributed by atoms with Gasteiger partial charge in [0.25, 0.3) is 0 Å². The van der Waals surface area contributed by atoms with Gasteiger partial charge in [0.1, 0.15) is 5.60 Å². The predicted octanol–water partition coefficient (Wildman–Crippen LogP) is 2.10. The van der Waals surface area contributed by atoms with Crippen LogP contribution in [0.1, 0.15) is 47.0 Å². The van der Waals surface area contributed by atoms with Crippen molar-refractivity contribution in [2.24, 2.45) is 0 Å². The van der Waals surface area contributed by atoms with Gasteiger partial charge in [-0.25, -0.2) is 9.59 Å². The molecule has 0 aromatic heterocycles. The molecule has 1 aliphatic rings. The molecule has 0 aromatic rings. The Bertz CT molecular complexity index is 339. The monoisotopic (exact) mass is 285 g/mol. The lowest BCUT2D eigenvalue weighted by Gasteiger charge is -2.33. The van der Waals surface area contributed by atoms with Crippen molar-refractivity contribution in [2.75, 3.05) is 19.6 Å². The molecular weight excluding hydrogens is 258 g/mol. The number of nitrogens with zero attached hydrogens (tertiary/aromatic N) is 1. The average molecular weight is 285 g/mol. The zero-order valence-corrected chi connectivity index (χ0v) is 13.0. The van der Waals surface area contributed by atoms with E-state index in [4.69, 9.17) is 4.74 Å². The smallest absolute Gasteiger partial charge is 0.407 e.